The van der Waals surface area contributed by atoms with Gasteiger partial charge in [0, 0.05) is 4.88 Å². The zero-order valence-electron chi connectivity index (χ0n) is 12.5. The average Bonchev–Trinajstić information content (AvgIpc) is 2.80. The standard InChI is InChI=1S/C16H13FN2O3S/c1-8-9(2)23-15-13(8)14(20)18-12(19-15)7-22-16(21)10-3-5-11(17)6-4-10/h3-6H,7H2,1-2H3,(H,18,19,20). The highest BCUT2D eigenvalue weighted by Crippen LogP contribution is 2.25. The molecule has 0 atom stereocenters. The minimum atomic E-state index is -0.605. The highest BCUT2D eigenvalue weighted by Gasteiger charge is 2.13. The van der Waals surface area contributed by atoms with E-state index in [0.717, 1.165) is 10.4 Å². The molecule has 0 unspecified atom stereocenters. The van der Waals surface area contributed by atoms with Gasteiger partial charge in [0.15, 0.2) is 0 Å². The summed E-state index contributed by atoms with van der Waals surface area (Å²) in [6.45, 7) is 3.64. The molecule has 23 heavy (non-hydrogen) atoms. The number of carbonyl (C=O) groups is 1. The molecular weight excluding hydrogens is 319 g/mol. The van der Waals surface area contributed by atoms with Gasteiger partial charge in [-0.15, -0.1) is 11.3 Å². The number of aryl methyl sites for hydroxylation is 2. The average molecular weight is 332 g/mol. The number of nitrogens with zero attached hydrogens (tertiary/aromatic N) is 1. The number of ether oxygens (including phenoxy) is 1. The highest BCUT2D eigenvalue weighted by molar-refractivity contribution is 7.18. The number of hydrogen-bond acceptors (Lipinski definition) is 5. The van der Waals surface area contributed by atoms with Crippen LogP contribution in [0.15, 0.2) is 29.1 Å². The molecule has 0 spiro atoms. The van der Waals surface area contributed by atoms with Crippen LogP contribution >= 0.6 is 11.3 Å². The van der Waals surface area contributed by atoms with Crippen LogP contribution in [0.5, 0.6) is 0 Å². The number of halogens is 1. The molecule has 0 saturated carbocycles. The third-order valence-corrected chi connectivity index (χ3v) is 4.61. The van der Waals surface area contributed by atoms with Gasteiger partial charge in [-0.2, -0.15) is 0 Å². The van der Waals surface area contributed by atoms with Crippen molar-refractivity contribution >= 4 is 27.5 Å². The second-order valence-electron chi connectivity index (χ2n) is 5.06. The van der Waals surface area contributed by atoms with Crippen LogP contribution in [-0.2, 0) is 11.3 Å². The maximum atomic E-state index is 12.8. The predicted molar refractivity (Wildman–Crippen MR) is 85.2 cm³/mol. The van der Waals surface area contributed by atoms with Gasteiger partial charge in [0.1, 0.15) is 23.1 Å². The lowest BCUT2D eigenvalue weighted by Crippen LogP contribution is -2.14. The monoisotopic (exact) mass is 332 g/mol. The Hall–Kier alpha value is -2.54. The lowest BCUT2D eigenvalue weighted by atomic mass is 10.2. The van der Waals surface area contributed by atoms with E-state index in [4.69, 9.17) is 4.74 Å². The number of rotatable bonds is 3. The molecule has 0 aliphatic rings. The lowest BCUT2D eigenvalue weighted by molar-refractivity contribution is 0.0462. The molecule has 0 saturated heterocycles. The summed E-state index contributed by atoms with van der Waals surface area (Å²) in [7, 11) is 0. The van der Waals surface area contributed by atoms with E-state index in [-0.39, 0.29) is 23.6 Å². The van der Waals surface area contributed by atoms with Gasteiger partial charge in [-0.3, -0.25) is 4.79 Å². The smallest absolute Gasteiger partial charge is 0.338 e. The van der Waals surface area contributed by atoms with E-state index in [1.54, 1.807) is 0 Å². The number of esters is 1. The van der Waals surface area contributed by atoms with E-state index in [1.807, 2.05) is 13.8 Å². The Morgan fingerprint density at radius 2 is 2.00 bits per heavy atom. The fraction of sp³-hybridized carbons (Fsp3) is 0.188. The normalized spacial score (nSPS) is 10.9. The molecule has 5 nitrogen and oxygen atoms in total. The summed E-state index contributed by atoms with van der Waals surface area (Å²) in [4.78, 5) is 32.6. The van der Waals surface area contributed by atoms with Crippen molar-refractivity contribution in [2.45, 2.75) is 20.5 Å². The Bertz CT molecular complexity index is 944. The number of aromatic amines is 1. The zero-order valence-corrected chi connectivity index (χ0v) is 13.3. The van der Waals surface area contributed by atoms with Crippen molar-refractivity contribution in [2.24, 2.45) is 0 Å². The number of hydrogen-bond donors (Lipinski definition) is 1. The van der Waals surface area contributed by atoms with E-state index in [1.165, 1.54) is 35.6 Å². The first-order chi connectivity index (χ1) is 11.0. The lowest BCUT2D eigenvalue weighted by Gasteiger charge is -2.04. The third kappa shape index (κ3) is 3.00. The van der Waals surface area contributed by atoms with E-state index in [2.05, 4.69) is 9.97 Å². The largest absolute Gasteiger partial charge is 0.454 e. The van der Waals surface area contributed by atoms with Gasteiger partial charge in [0.05, 0.1) is 10.9 Å². The zero-order chi connectivity index (χ0) is 16.6. The van der Waals surface area contributed by atoms with Gasteiger partial charge in [0.2, 0.25) is 0 Å². The van der Waals surface area contributed by atoms with Gasteiger partial charge in [-0.1, -0.05) is 0 Å². The molecule has 0 aliphatic heterocycles. The van der Waals surface area contributed by atoms with Gasteiger partial charge >= 0.3 is 5.97 Å². The fourth-order valence-electron chi connectivity index (χ4n) is 2.17. The van der Waals surface area contributed by atoms with Crippen molar-refractivity contribution in [1.82, 2.24) is 9.97 Å². The Morgan fingerprint density at radius 1 is 1.30 bits per heavy atom. The van der Waals surface area contributed by atoms with Gasteiger partial charge in [-0.25, -0.2) is 14.2 Å². The molecule has 7 heteroatoms. The van der Waals surface area contributed by atoms with Crippen LogP contribution in [0.2, 0.25) is 0 Å². The summed E-state index contributed by atoms with van der Waals surface area (Å²) < 4.78 is 17.9. The van der Waals surface area contributed by atoms with E-state index < -0.39 is 11.8 Å². The second-order valence-corrected chi connectivity index (χ2v) is 6.26. The Balaban J connectivity index is 1.81. The van der Waals surface area contributed by atoms with Crippen LogP contribution < -0.4 is 5.56 Å². The summed E-state index contributed by atoms with van der Waals surface area (Å²) in [5.74, 6) is -0.757. The van der Waals surface area contributed by atoms with Crippen molar-refractivity contribution < 1.29 is 13.9 Å². The van der Waals surface area contributed by atoms with Crippen LogP contribution in [0.25, 0.3) is 10.2 Å². The molecule has 0 radical (unpaired) electrons. The molecular formula is C16H13FN2O3S. The van der Waals surface area contributed by atoms with Crippen LogP contribution in [0, 0.1) is 19.7 Å². The SMILES string of the molecule is Cc1sc2nc(COC(=O)c3ccc(F)cc3)[nH]c(=O)c2c1C. The molecule has 0 fully saturated rings. The van der Waals surface area contributed by atoms with Crippen LogP contribution in [0.4, 0.5) is 4.39 Å². The van der Waals surface area contributed by atoms with E-state index >= 15 is 0 Å². The first kappa shape index (κ1) is 15.4. The van der Waals surface area contributed by atoms with Crippen molar-refractivity contribution in [1.29, 1.82) is 0 Å². The molecule has 0 bridgehead atoms. The van der Waals surface area contributed by atoms with Crippen molar-refractivity contribution in [3.63, 3.8) is 0 Å². The van der Waals surface area contributed by atoms with Crippen LogP contribution in [0.1, 0.15) is 26.6 Å². The van der Waals surface area contributed by atoms with Crippen molar-refractivity contribution in [3.05, 3.63) is 62.3 Å². The number of benzene rings is 1. The third-order valence-electron chi connectivity index (χ3n) is 3.51. The molecule has 1 aromatic carbocycles. The summed E-state index contributed by atoms with van der Waals surface area (Å²) in [5.41, 5.74) is 0.899. The number of aromatic nitrogens is 2. The molecule has 2 aromatic heterocycles. The highest BCUT2D eigenvalue weighted by atomic mass is 32.1. The number of H-pyrrole nitrogens is 1. The molecule has 3 aromatic rings. The molecule has 1 N–H and O–H groups in total. The maximum absolute atomic E-state index is 12.8. The number of fused-ring (bicyclic) bond motifs is 1. The quantitative estimate of drug-likeness (QED) is 0.748. The molecule has 3 rings (SSSR count). The Labute approximate surface area is 134 Å². The Morgan fingerprint density at radius 3 is 2.70 bits per heavy atom. The summed E-state index contributed by atoms with van der Waals surface area (Å²) >= 11 is 1.43. The van der Waals surface area contributed by atoms with Crippen molar-refractivity contribution in [2.75, 3.05) is 0 Å². The Kier molecular flexibility index (Phi) is 3.96. The summed E-state index contributed by atoms with van der Waals surface area (Å²) in [5, 5.41) is 0.570. The van der Waals surface area contributed by atoms with Crippen molar-refractivity contribution in [3.8, 4) is 0 Å². The van der Waals surface area contributed by atoms with E-state index in [9.17, 15) is 14.0 Å². The number of carbonyl (C=O) groups excluding carboxylic acids is 1. The maximum Gasteiger partial charge on any atom is 0.338 e. The van der Waals surface area contributed by atoms with Crippen LogP contribution in [-0.4, -0.2) is 15.9 Å². The minimum Gasteiger partial charge on any atom is -0.454 e. The summed E-state index contributed by atoms with van der Waals surface area (Å²) in [6, 6.07) is 5.03. The number of nitrogens with one attached hydrogen (secondary N) is 1. The number of thiophene rings is 1. The van der Waals surface area contributed by atoms with Crippen LogP contribution in [0.3, 0.4) is 0 Å². The first-order valence-electron chi connectivity index (χ1n) is 6.87. The topological polar surface area (TPSA) is 72.0 Å². The predicted octanol–water partition coefficient (Wildman–Crippen LogP) is 3.10. The molecule has 2 heterocycles. The van der Waals surface area contributed by atoms with Gasteiger partial charge in [0.25, 0.3) is 5.56 Å². The minimum absolute atomic E-state index is 0.155. The summed E-state index contributed by atoms with van der Waals surface area (Å²) in [6.07, 6.45) is 0. The molecule has 118 valence electrons. The van der Waals surface area contributed by atoms with Gasteiger partial charge in [-0.05, 0) is 43.7 Å². The molecule has 0 amide bonds. The van der Waals surface area contributed by atoms with Gasteiger partial charge < -0.3 is 9.72 Å². The second kappa shape index (κ2) is 5.92. The molecule has 0 aliphatic carbocycles. The first-order valence-corrected chi connectivity index (χ1v) is 7.69. The fourth-order valence-corrected chi connectivity index (χ4v) is 3.22. The van der Waals surface area contributed by atoms with E-state index in [0.29, 0.717) is 10.2 Å².